The van der Waals surface area contributed by atoms with Crippen molar-refractivity contribution < 1.29 is 5.11 Å². The predicted molar refractivity (Wildman–Crippen MR) is 83.3 cm³/mol. The molecular formula is C16H16ClN3O. The Morgan fingerprint density at radius 1 is 1.14 bits per heavy atom. The van der Waals surface area contributed by atoms with Crippen LogP contribution in [0.15, 0.2) is 54.9 Å². The number of halogens is 1. The minimum absolute atomic E-state index is 0.0449. The van der Waals surface area contributed by atoms with E-state index in [2.05, 4.69) is 10.3 Å². The number of aliphatic hydroxyl groups is 1. The fourth-order valence-corrected chi connectivity index (χ4v) is 2.47. The van der Waals surface area contributed by atoms with Crippen molar-refractivity contribution in [3.63, 3.8) is 0 Å². The molecule has 2 N–H and O–H groups in total. The third-order valence-corrected chi connectivity index (χ3v) is 3.60. The van der Waals surface area contributed by atoms with Gasteiger partial charge in [0.05, 0.1) is 23.4 Å². The van der Waals surface area contributed by atoms with Crippen LogP contribution in [0.4, 0.5) is 0 Å². The maximum atomic E-state index is 9.53. The van der Waals surface area contributed by atoms with Crippen molar-refractivity contribution in [1.29, 1.82) is 0 Å². The Hall–Kier alpha value is -1.88. The molecule has 0 radical (unpaired) electrons. The maximum Gasteiger partial charge on any atom is 0.137 e. The molecule has 0 spiro atoms. The third kappa shape index (κ3) is 3.24. The summed E-state index contributed by atoms with van der Waals surface area (Å²) < 4.78 is 1.90. The number of aliphatic hydroxyl groups excluding tert-OH is 1. The SMILES string of the molecule is OCC(NCc1cn2cc(Cl)ccc2n1)c1ccccc1. The van der Waals surface area contributed by atoms with Gasteiger partial charge < -0.3 is 14.8 Å². The summed E-state index contributed by atoms with van der Waals surface area (Å²) >= 11 is 5.96. The lowest BCUT2D eigenvalue weighted by Gasteiger charge is -2.15. The van der Waals surface area contributed by atoms with Crippen LogP contribution in [0.3, 0.4) is 0 Å². The molecule has 1 aromatic carbocycles. The van der Waals surface area contributed by atoms with Crippen molar-refractivity contribution in [2.75, 3.05) is 6.61 Å². The molecule has 3 rings (SSSR count). The van der Waals surface area contributed by atoms with E-state index in [4.69, 9.17) is 11.6 Å². The molecule has 5 heteroatoms. The van der Waals surface area contributed by atoms with Gasteiger partial charge in [0.2, 0.25) is 0 Å². The van der Waals surface area contributed by atoms with Gasteiger partial charge in [0, 0.05) is 18.9 Å². The zero-order valence-electron chi connectivity index (χ0n) is 11.4. The normalized spacial score (nSPS) is 12.7. The molecule has 0 aliphatic rings. The fraction of sp³-hybridized carbons (Fsp3) is 0.188. The first-order valence-electron chi connectivity index (χ1n) is 6.78. The first-order chi connectivity index (χ1) is 10.3. The van der Waals surface area contributed by atoms with Gasteiger partial charge in [0.25, 0.3) is 0 Å². The van der Waals surface area contributed by atoms with Crippen LogP contribution in [0.5, 0.6) is 0 Å². The molecule has 4 nitrogen and oxygen atoms in total. The van der Waals surface area contributed by atoms with Crippen LogP contribution in [0.2, 0.25) is 5.02 Å². The van der Waals surface area contributed by atoms with Crippen LogP contribution >= 0.6 is 11.6 Å². The molecule has 108 valence electrons. The molecule has 0 aliphatic heterocycles. The first-order valence-corrected chi connectivity index (χ1v) is 7.16. The fourth-order valence-electron chi connectivity index (χ4n) is 2.30. The first kappa shape index (κ1) is 14.1. The van der Waals surface area contributed by atoms with E-state index in [1.165, 1.54) is 0 Å². The minimum Gasteiger partial charge on any atom is -0.394 e. The lowest BCUT2D eigenvalue weighted by Crippen LogP contribution is -2.24. The average Bonchev–Trinajstić information content (AvgIpc) is 2.91. The number of pyridine rings is 1. The van der Waals surface area contributed by atoms with E-state index in [1.54, 1.807) is 0 Å². The second kappa shape index (κ2) is 6.26. The molecule has 2 heterocycles. The van der Waals surface area contributed by atoms with Crippen molar-refractivity contribution in [2.24, 2.45) is 0 Å². The molecule has 21 heavy (non-hydrogen) atoms. The van der Waals surface area contributed by atoms with Crippen molar-refractivity contribution in [2.45, 2.75) is 12.6 Å². The Balaban J connectivity index is 1.73. The van der Waals surface area contributed by atoms with Gasteiger partial charge in [-0.15, -0.1) is 0 Å². The Labute approximate surface area is 128 Å². The quantitative estimate of drug-likeness (QED) is 0.762. The largest absolute Gasteiger partial charge is 0.394 e. The summed E-state index contributed by atoms with van der Waals surface area (Å²) in [6.45, 7) is 0.628. The van der Waals surface area contributed by atoms with Crippen molar-refractivity contribution >= 4 is 17.2 Å². The van der Waals surface area contributed by atoms with Crippen LogP contribution in [-0.2, 0) is 6.54 Å². The van der Waals surface area contributed by atoms with Crippen molar-refractivity contribution in [1.82, 2.24) is 14.7 Å². The Morgan fingerprint density at radius 3 is 2.71 bits per heavy atom. The number of hydrogen-bond acceptors (Lipinski definition) is 3. The molecule has 3 aromatic rings. The van der Waals surface area contributed by atoms with Crippen molar-refractivity contribution in [3.8, 4) is 0 Å². The summed E-state index contributed by atoms with van der Waals surface area (Å²) in [4.78, 5) is 4.51. The Bertz CT molecular complexity index is 727. The Morgan fingerprint density at radius 2 is 1.95 bits per heavy atom. The summed E-state index contributed by atoms with van der Waals surface area (Å²) in [5.74, 6) is 0. The van der Waals surface area contributed by atoms with E-state index in [1.807, 2.05) is 59.3 Å². The standard InChI is InChI=1S/C16H16ClN3O/c17-13-6-7-16-19-14(10-20(16)9-13)8-18-15(11-21)12-4-2-1-3-5-12/h1-7,9-10,15,18,21H,8,11H2. The predicted octanol–water partition coefficient (Wildman–Crippen LogP) is 2.81. The number of nitrogens with zero attached hydrogens (tertiary/aromatic N) is 2. The van der Waals surface area contributed by atoms with Crippen LogP contribution in [0.25, 0.3) is 5.65 Å². The van der Waals surface area contributed by atoms with Gasteiger partial charge >= 0.3 is 0 Å². The monoisotopic (exact) mass is 301 g/mol. The van der Waals surface area contributed by atoms with Gasteiger partial charge in [-0.3, -0.25) is 0 Å². The summed E-state index contributed by atoms with van der Waals surface area (Å²) in [5.41, 5.74) is 2.83. The number of rotatable bonds is 5. The smallest absolute Gasteiger partial charge is 0.137 e. The number of aromatic nitrogens is 2. The van der Waals surface area contributed by atoms with E-state index in [0.29, 0.717) is 11.6 Å². The van der Waals surface area contributed by atoms with Gasteiger partial charge in [-0.05, 0) is 17.7 Å². The van der Waals surface area contributed by atoms with Crippen LogP contribution < -0.4 is 5.32 Å². The highest BCUT2D eigenvalue weighted by molar-refractivity contribution is 6.30. The molecule has 0 amide bonds. The lowest BCUT2D eigenvalue weighted by atomic mass is 10.1. The van der Waals surface area contributed by atoms with E-state index in [9.17, 15) is 5.11 Å². The van der Waals surface area contributed by atoms with Gasteiger partial charge in [-0.1, -0.05) is 41.9 Å². The average molecular weight is 302 g/mol. The highest BCUT2D eigenvalue weighted by Crippen LogP contribution is 2.14. The van der Waals surface area contributed by atoms with Crippen molar-refractivity contribution in [3.05, 3.63) is 71.1 Å². The van der Waals surface area contributed by atoms with E-state index in [0.717, 1.165) is 16.9 Å². The molecule has 2 aromatic heterocycles. The second-order valence-corrected chi connectivity index (χ2v) is 5.31. The highest BCUT2D eigenvalue weighted by Gasteiger charge is 2.10. The molecule has 0 fully saturated rings. The van der Waals surface area contributed by atoms with Crippen LogP contribution in [0.1, 0.15) is 17.3 Å². The summed E-state index contributed by atoms with van der Waals surface area (Å²) in [6, 6.07) is 13.5. The molecule has 0 aliphatic carbocycles. The number of imidazole rings is 1. The summed E-state index contributed by atoms with van der Waals surface area (Å²) in [6.07, 6.45) is 3.77. The molecule has 1 unspecified atom stereocenters. The lowest BCUT2D eigenvalue weighted by molar-refractivity contribution is 0.243. The zero-order valence-corrected chi connectivity index (χ0v) is 12.2. The molecule has 0 saturated heterocycles. The topological polar surface area (TPSA) is 49.6 Å². The third-order valence-electron chi connectivity index (χ3n) is 3.38. The second-order valence-electron chi connectivity index (χ2n) is 4.87. The molecule has 0 bridgehead atoms. The van der Waals surface area contributed by atoms with Gasteiger partial charge in [0.15, 0.2) is 0 Å². The summed E-state index contributed by atoms with van der Waals surface area (Å²) in [7, 11) is 0. The van der Waals surface area contributed by atoms with Crippen LogP contribution in [-0.4, -0.2) is 21.1 Å². The highest BCUT2D eigenvalue weighted by atomic mass is 35.5. The van der Waals surface area contributed by atoms with Gasteiger partial charge in [-0.25, -0.2) is 4.98 Å². The Kier molecular flexibility index (Phi) is 4.20. The summed E-state index contributed by atoms with van der Waals surface area (Å²) in [5, 5.41) is 13.5. The number of hydrogen-bond donors (Lipinski definition) is 2. The van der Waals surface area contributed by atoms with Gasteiger partial charge in [-0.2, -0.15) is 0 Å². The number of fused-ring (bicyclic) bond motifs is 1. The molecule has 0 saturated carbocycles. The van der Waals surface area contributed by atoms with E-state index in [-0.39, 0.29) is 12.6 Å². The van der Waals surface area contributed by atoms with E-state index >= 15 is 0 Å². The van der Waals surface area contributed by atoms with E-state index < -0.39 is 0 Å². The zero-order chi connectivity index (χ0) is 14.7. The number of benzene rings is 1. The number of nitrogens with one attached hydrogen (secondary N) is 1. The molecular weight excluding hydrogens is 286 g/mol. The van der Waals surface area contributed by atoms with Crippen LogP contribution in [0, 0.1) is 0 Å². The van der Waals surface area contributed by atoms with Gasteiger partial charge in [0.1, 0.15) is 5.65 Å². The minimum atomic E-state index is -0.0976. The molecule has 1 atom stereocenters. The maximum absolute atomic E-state index is 9.53.